The van der Waals surface area contributed by atoms with Crippen molar-refractivity contribution in [2.75, 3.05) is 20.1 Å². The minimum atomic E-state index is 0.606. The Morgan fingerprint density at radius 3 is 2.79 bits per heavy atom. The summed E-state index contributed by atoms with van der Waals surface area (Å²) in [6, 6.07) is 9.62. The van der Waals surface area contributed by atoms with Crippen LogP contribution in [0.2, 0.25) is 0 Å². The maximum Gasteiger partial charge on any atom is 0.0243 e. The van der Waals surface area contributed by atoms with Gasteiger partial charge in [-0.15, -0.1) is 0 Å². The van der Waals surface area contributed by atoms with Gasteiger partial charge in [0.05, 0.1) is 0 Å². The summed E-state index contributed by atoms with van der Waals surface area (Å²) >= 11 is 0. The first-order valence-corrected chi connectivity index (χ1v) is 7.77. The molecule has 104 valence electrons. The topological polar surface area (TPSA) is 29.3 Å². The number of hydrogen-bond acceptors (Lipinski definition) is 2. The highest BCUT2D eigenvalue weighted by Crippen LogP contribution is 2.37. The molecule has 0 aliphatic heterocycles. The average molecular weight is 258 g/mol. The Bertz CT molecular complexity index is 425. The normalized spacial score (nSPS) is 24.3. The molecule has 2 N–H and O–H groups in total. The number of hydrogen-bond donors (Lipinski definition) is 1. The van der Waals surface area contributed by atoms with Gasteiger partial charge < -0.3 is 10.6 Å². The van der Waals surface area contributed by atoms with Gasteiger partial charge in [0.2, 0.25) is 0 Å². The Balaban J connectivity index is 1.70. The van der Waals surface area contributed by atoms with Gasteiger partial charge in [-0.3, -0.25) is 0 Å². The summed E-state index contributed by atoms with van der Waals surface area (Å²) in [6.45, 7) is 1.99. The molecule has 0 saturated heterocycles. The summed E-state index contributed by atoms with van der Waals surface area (Å²) in [6.07, 6.45) is 6.70. The quantitative estimate of drug-likeness (QED) is 0.880. The molecule has 2 nitrogen and oxygen atoms in total. The van der Waals surface area contributed by atoms with E-state index in [2.05, 4.69) is 36.2 Å². The number of nitrogens with zero attached hydrogens (tertiary/aromatic N) is 1. The fourth-order valence-corrected chi connectivity index (χ4v) is 3.74. The van der Waals surface area contributed by atoms with E-state index < -0.39 is 0 Å². The molecule has 2 aliphatic rings. The zero-order chi connectivity index (χ0) is 13.2. The van der Waals surface area contributed by atoms with E-state index >= 15 is 0 Å². The molecule has 3 rings (SSSR count). The summed E-state index contributed by atoms with van der Waals surface area (Å²) < 4.78 is 0. The zero-order valence-corrected chi connectivity index (χ0v) is 12.0. The van der Waals surface area contributed by atoms with Crippen molar-refractivity contribution in [3.05, 3.63) is 35.4 Å². The molecule has 1 saturated carbocycles. The fourth-order valence-electron chi connectivity index (χ4n) is 3.74. The van der Waals surface area contributed by atoms with Crippen molar-refractivity contribution in [1.29, 1.82) is 0 Å². The molecule has 0 aromatic heterocycles. The third kappa shape index (κ3) is 2.85. The fraction of sp³-hybridized carbons (Fsp3) is 0.647. The van der Waals surface area contributed by atoms with E-state index in [1.807, 2.05) is 0 Å². The van der Waals surface area contributed by atoms with Gasteiger partial charge >= 0.3 is 0 Å². The highest BCUT2D eigenvalue weighted by atomic mass is 15.1. The molecule has 19 heavy (non-hydrogen) atoms. The van der Waals surface area contributed by atoms with E-state index in [1.165, 1.54) is 38.6 Å². The molecule has 0 bridgehead atoms. The summed E-state index contributed by atoms with van der Waals surface area (Å²) in [5.41, 5.74) is 9.13. The van der Waals surface area contributed by atoms with Crippen molar-refractivity contribution in [2.45, 2.75) is 44.1 Å². The first-order valence-electron chi connectivity index (χ1n) is 7.77. The number of benzene rings is 1. The highest BCUT2D eigenvalue weighted by molar-refractivity contribution is 5.32. The molecule has 1 aromatic rings. The van der Waals surface area contributed by atoms with Crippen LogP contribution in [0.1, 0.15) is 42.7 Å². The van der Waals surface area contributed by atoms with Gasteiger partial charge in [-0.25, -0.2) is 0 Å². The number of fused-ring (bicyclic) bond motifs is 1. The molecule has 1 aromatic carbocycles. The van der Waals surface area contributed by atoms with Crippen LogP contribution in [0.25, 0.3) is 0 Å². The first kappa shape index (κ1) is 13.1. The predicted molar refractivity (Wildman–Crippen MR) is 80.3 cm³/mol. The van der Waals surface area contributed by atoms with Crippen LogP contribution in [0.15, 0.2) is 24.3 Å². The van der Waals surface area contributed by atoms with E-state index in [-0.39, 0.29) is 0 Å². The molecule has 0 heterocycles. The largest absolute Gasteiger partial charge is 0.329 e. The minimum Gasteiger partial charge on any atom is -0.329 e. The molecule has 1 fully saturated rings. The SMILES string of the molecule is CN(CC1CCCc2ccccc21)C(CN)C1CC1. The molecule has 0 amide bonds. The maximum absolute atomic E-state index is 5.97. The lowest BCUT2D eigenvalue weighted by atomic mass is 9.82. The summed E-state index contributed by atoms with van der Waals surface area (Å²) in [5.74, 6) is 1.58. The maximum atomic E-state index is 5.97. The molecule has 2 heteroatoms. The molecule has 2 atom stereocenters. The number of rotatable bonds is 5. The summed E-state index contributed by atoms with van der Waals surface area (Å²) in [7, 11) is 2.27. The van der Waals surface area contributed by atoms with Crippen molar-refractivity contribution < 1.29 is 0 Å². The second-order valence-corrected chi connectivity index (χ2v) is 6.37. The highest BCUT2D eigenvalue weighted by Gasteiger charge is 2.34. The van der Waals surface area contributed by atoms with E-state index in [0.717, 1.165) is 12.5 Å². The van der Waals surface area contributed by atoms with Gasteiger partial charge in [-0.2, -0.15) is 0 Å². The summed E-state index contributed by atoms with van der Waals surface area (Å²) in [5, 5.41) is 0. The van der Waals surface area contributed by atoms with Gasteiger partial charge in [0.25, 0.3) is 0 Å². The van der Waals surface area contributed by atoms with Crippen LogP contribution < -0.4 is 5.73 Å². The van der Waals surface area contributed by atoms with Crippen LogP contribution in [0.4, 0.5) is 0 Å². The number of aryl methyl sites for hydroxylation is 1. The van der Waals surface area contributed by atoms with Crippen LogP contribution in [0.5, 0.6) is 0 Å². The Kier molecular flexibility index (Phi) is 3.90. The third-order valence-corrected chi connectivity index (χ3v) is 4.98. The van der Waals surface area contributed by atoms with Crippen LogP contribution >= 0.6 is 0 Å². The Morgan fingerprint density at radius 1 is 1.26 bits per heavy atom. The van der Waals surface area contributed by atoms with Crippen molar-refractivity contribution in [3.63, 3.8) is 0 Å². The molecular formula is C17H26N2. The standard InChI is InChI=1S/C17H26N2/c1-19(17(11-18)14-9-10-14)12-15-7-4-6-13-5-2-3-8-16(13)15/h2-3,5,8,14-15,17H,4,6-7,9-12,18H2,1H3. The predicted octanol–water partition coefficient (Wildman–Crippen LogP) is 2.78. The monoisotopic (exact) mass is 258 g/mol. The Morgan fingerprint density at radius 2 is 2.05 bits per heavy atom. The van der Waals surface area contributed by atoms with Crippen molar-refractivity contribution in [2.24, 2.45) is 11.7 Å². The molecular weight excluding hydrogens is 232 g/mol. The number of nitrogens with two attached hydrogens (primary N) is 1. The zero-order valence-electron chi connectivity index (χ0n) is 12.0. The van der Waals surface area contributed by atoms with Crippen LogP contribution in [0, 0.1) is 5.92 Å². The lowest BCUT2D eigenvalue weighted by molar-refractivity contribution is 0.205. The summed E-state index contributed by atoms with van der Waals surface area (Å²) in [4.78, 5) is 2.53. The van der Waals surface area contributed by atoms with Crippen molar-refractivity contribution in [3.8, 4) is 0 Å². The smallest absolute Gasteiger partial charge is 0.0243 e. The second kappa shape index (κ2) is 5.64. The lowest BCUT2D eigenvalue weighted by Gasteiger charge is -2.33. The van der Waals surface area contributed by atoms with E-state index in [1.54, 1.807) is 11.1 Å². The van der Waals surface area contributed by atoms with E-state index in [0.29, 0.717) is 12.0 Å². The van der Waals surface area contributed by atoms with Crippen LogP contribution in [-0.2, 0) is 6.42 Å². The second-order valence-electron chi connectivity index (χ2n) is 6.37. The van der Waals surface area contributed by atoms with E-state index in [4.69, 9.17) is 5.73 Å². The van der Waals surface area contributed by atoms with Gasteiger partial charge in [0.15, 0.2) is 0 Å². The van der Waals surface area contributed by atoms with Crippen molar-refractivity contribution >= 4 is 0 Å². The molecule has 2 aliphatic carbocycles. The molecule has 0 radical (unpaired) electrons. The van der Waals surface area contributed by atoms with Crippen molar-refractivity contribution in [1.82, 2.24) is 4.90 Å². The first-order chi connectivity index (χ1) is 9.29. The van der Waals surface area contributed by atoms with E-state index in [9.17, 15) is 0 Å². The van der Waals surface area contributed by atoms with Gasteiger partial charge in [0, 0.05) is 19.1 Å². The van der Waals surface area contributed by atoms with Crippen LogP contribution in [0.3, 0.4) is 0 Å². The average Bonchev–Trinajstić information content (AvgIpc) is 3.25. The van der Waals surface area contributed by atoms with Gasteiger partial charge in [-0.1, -0.05) is 24.3 Å². The van der Waals surface area contributed by atoms with Crippen LogP contribution in [-0.4, -0.2) is 31.1 Å². The number of likely N-dealkylation sites (N-methyl/N-ethyl adjacent to an activating group) is 1. The third-order valence-electron chi connectivity index (χ3n) is 4.98. The van der Waals surface area contributed by atoms with Gasteiger partial charge in [0.1, 0.15) is 0 Å². The Hall–Kier alpha value is -0.860. The minimum absolute atomic E-state index is 0.606. The lowest BCUT2D eigenvalue weighted by Crippen LogP contribution is -2.42. The Labute approximate surface area is 117 Å². The molecule has 2 unspecified atom stereocenters. The molecule has 0 spiro atoms. The van der Waals surface area contributed by atoms with Gasteiger partial charge in [-0.05, 0) is 62.1 Å².